The van der Waals surface area contributed by atoms with Crippen molar-refractivity contribution in [3.05, 3.63) is 52.2 Å². The van der Waals surface area contributed by atoms with Gasteiger partial charge in [-0.25, -0.2) is 4.99 Å². The van der Waals surface area contributed by atoms with Gasteiger partial charge in [0.2, 0.25) is 0 Å². The smallest absolute Gasteiger partial charge is 0.245 e. The van der Waals surface area contributed by atoms with E-state index in [1.165, 1.54) is 17.4 Å². The molecule has 0 fully saturated rings. The van der Waals surface area contributed by atoms with Gasteiger partial charge < -0.3 is 0 Å². The summed E-state index contributed by atoms with van der Waals surface area (Å²) < 4.78 is 28.1. The molecule has 2 aromatic rings. The molecule has 1 aliphatic rings. The maximum absolute atomic E-state index is 14.0. The second kappa shape index (κ2) is 3.22. The Morgan fingerprint density at radius 3 is 2.56 bits per heavy atom. The minimum absolute atomic E-state index is 0.00148. The van der Waals surface area contributed by atoms with Crippen LogP contribution in [0.4, 0.5) is 14.5 Å². The second-order valence-corrected chi connectivity index (χ2v) is 4.48. The highest BCUT2D eigenvalue weighted by atomic mass is 32.1. The molecule has 0 bridgehead atoms. The van der Waals surface area contributed by atoms with E-state index in [0.717, 1.165) is 0 Å². The minimum Gasteiger partial charge on any atom is -0.245 e. The first kappa shape index (κ1) is 9.66. The second-order valence-electron chi connectivity index (χ2n) is 3.53. The molecular formula is C12H7F2NS. The molecule has 0 saturated carbocycles. The normalized spacial score (nSPS) is 17.0. The molecule has 0 saturated heterocycles. The van der Waals surface area contributed by atoms with Gasteiger partial charge in [0.1, 0.15) is 5.71 Å². The zero-order valence-corrected chi connectivity index (χ0v) is 8.97. The van der Waals surface area contributed by atoms with Crippen molar-refractivity contribution in [2.24, 2.45) is 4.99 Å². The van der Waals surface area contributed by atoms with Crippen LogP contribution in [0.5, 0.6) is 0 Å². The van der Waals surface area contributed by atoms with Crippen molar-refractivity contribution in [1.29, 1.82) is 0 Å². The molecule has 1 aliphatic heterocycles. The number of thiophene rings is 1. The number of para-hydroxylation sites is 1. The monoisotopic (exact) mass is 235 g/mol. The largest absolute Gasteiger partial charge is 0.318 e. The third-order valence-corrected chi connectivity index (χ3v) is 3.40. The van der Waals surface area contributed by atoms with Gasteiger partial charge in [0.05, 0.1) is 16.1 Å². The van der Waals surface area contributed by atoms with E-state index in [1.807, 2.05) is 0 Å². The van der Waals surface area contributed by atoms with Crippen LogP contribution in [-0.4, -0.2) is 5.71 Å². The molecule has 0 spiro atoms. The van der Waals surface area contributed by atoms with Gasteiger partial charge >= 0.3 is 5.92 Å². The number of nitrogens with zero attached hydrogens (tertiary/aromatic N) is 1. The first-order valence-electron chi connectivity index (χ1n) is 4.80. The van der Waals surface area contributed by atoms with Crippen LogP contribution in [0, 0.1) is 0 Å². The fourth-order valence-corrected chi connectivity index (χ4v) is 2.52. The fraction of sp³-hybridized carbons (Fsp3) is 0.0833. The number of hydrogen-bond donors (Lipinski definition) is 0. The molecule has 3 rings (SSSR count). The Bertz CT molecular complexity index is 558. The molecule has 0 radical (unpaired) electrons. The third-order valence-electron chi connectivity index (χ3n) is 2.53. The van der Waals surface area contributed by atoms with Crippen molar-refractivity contribution >= 4 is 22.7 Å². The first-order chi connectivity index (χ1) is 7.69. The maximum atomic E-state index is 14.0. The predicted octanol–water partition coefficient (Wildman–Crippen LogP) is 3.97. The van der Waals surface area contributed by atoms with Crippen LogP contribution in [0.3, 0.4) is 0 Å². The summed E-state index contributed by atoms with van der Waals surface area (Å²) in [5.41, 5.74) is 0.234. The van der Waals surface area contributed by atoms with Gasteiger partial charge in [-0.05, 0) is 17.5 Å². The molecule has 0 atom stereocenters. The quantitative estimate of drug-likeness (QED) is 0.709. The van der Waals surface area contributed by atoms with E-state index in [1.54, 1.807) is 35.7 Å². The molecule has 0 unspecified atom stereocenters. The summed E-state index contributed by atoms with van der Waals surface area (Å²) in [6.45, 7) is 0. The van der Waals surface area contributed by atoms with Crippen molar-refractivity contribution in [3.63, 3.8) is 0 Å². The van der Waals surface area contributed by atoms with Gasteiger partial charge in [-0.15, -0.1) is 11.3 Å². The van der Waals surface area contributed by atoms with Gasteiger partial charge in [-0.3, -0.25) is 0 Å². The lowest BCUT2D eigenvalue weighted by Gasteiger charge is -2.11. The number of fused-ring (bicyclic) bond motifs is 1. The van der Waals surface area contributed by atoms with Gasteiger partial charge in [0.25, 0.3) is 0 Å². The number of benzene rings is 1. The average molecular weight is 235 g/mol. The molecule has 16 heavy (non-hydrogen) atoms. The number of hydrogen-bond acceptors (Lipinski definition) is 2. The van der Waals surface area contributed by atoms with Crippen molar-refractivity contribution in [1.82, 2.24) is 0 Å². The van der Waals surface area contributed by atoms with Crippen LogP contribution in [0.15, 0.2) is 46.8 Å². The number of rotatable bonds is 1. The van der Waals surface area contributed by atoms with E-state index in [9.17, 15) is 8.78 Å². The Morgan fingerprint density at radius 1 is 1.06 bits per heavy atom. The zero-order chi connectivity index (χ0) is 11.2. The summed E-state index contributed by atoms with van der Waals surface area (Å²) in [5.74, 6) is -2.97. The summed E-state index contributed by atoms with van der Waals surface area (Å²) >= 11 is 1.28. The molecule has 80 valence electrons. The van der Waals surface area contributed by atoms with Gasteiger partial charge in [-0.1, -0.05) is 24.3 Å². The SMILES string of the molecule is FC1(F)C(c2cccs2)=Nc2ccccc21. The van der Waals surface area contributed by atoms with Crippen molar-refractivity contribution in [3.8, 4) is 0 Å². The third kappa shape index (κ3) is 1.23. The lowest BCUT2D eigenvalue weighted by atomic mass is 10.1. The van der Waals surface area contributed by atoms with Crippen LogP contribution in [0.2, 0.25) is 0 Å². The lowest BCUT2D eigenvalue weighted by molar-refractivity contribution is 0.0813. The van der Waals surface area contributed by atoms with Crippen molar-refractivity contribution in [2.45, 2.75) is 5.92 Å². The van der Waals surface area contributed by atoms with Gasteiger partial charge in [-0.2, -0.15) is 8.78 Å². The molecule has 1 nitrogen and oxygen atoms in total. The highest BCUT2D eigenvalue weighted by molar-refractivity contribution is 7.12. The Labute approximate surface area is 95.1 Å². The van der Waals surface area contributed by atoms with Gasteiger partial charge in [0.15, 0.2) is 0 Å². The van der Waals surface area contributed by atoms with Crippen molar-refractivity contribution < 1.29 is 8.78 Å². The maximum Gasteiger partial charge on any atom is 0.318 e. The van der Waals surface area contributed by atoms with Crippen LogP contribution in [0.1, 0.15) is 10.4 Å². The highest BCUT2D eigenvalue weighted by Gasteiger charge is 2.45. The summed E-state index contributed by atoms with van der Waals surface area (Å²) in [4.78, 5) is 4.55. The summed E-state index contributed by atoms with van der Waals surface area (Å²) in [7, 11) is 0. The number of halogens is 2. The van der Waals surface area contributed by atoms with Crippen LogP contribution in [0.25, 0.3) is 0 Å². The Kier molecular flexibility index (Phi) is 1.94. The predicted molar refractivity (Wildman–Crippen MR) is 60.9 cm³/mol. The minimum atomic E-state index is -2.97. The molecule has 1 aromatic carbocycles. The van der Waals surface area contributed by atoms with E-state index in [2.05, 4.69) is 4.99 Å². The van der Waals surface area contributed by atoms with E-state index in [0.29, 0.717) is 10.6 Å². The molecule has 1 aromatic heterocycles. The Hall–Kier alpha value is -1.55. The Balaban J connectivity index is 2.19. The summed E-state index contributed by atoms with van der Waals surface area (Å²) in [6.07, 6.45) is 0. The van der Waals surface area contributed by atoms with Crippen molar-refractivity contribution in [2.75, 3.05) is 0 Å². The number of alkyl halides is 2. The first-order valence-corrected chi connectivity index (χ1v) is 5.68. The zero-order valence-electron chi connectivity index (χ0n) is 8.15. The van der Waals surface area contributed by atoms with E-state index >= 15 is 0 Å². The fourth-order valence-electron chi connectivity index (χ4n) is 1.78. The molecule has 0 aliphatic carbocycles. The highest BCUT2D eigenvalue weighted by Crippen LogP contribution is 2.44. The Morgan fingerprint density at radius 2 is 1.88 bits per heavy atom. The average Bonchev–Trinajstić information content (AvgIpc) is 2.86. The molecule has 0 N–H and O–H groups in total. The van der Waals surface area contributed by atoms with E-state index in [-0.39, 0.29) is 11.3 Å². The standard InChI is InChI=1S/C12H7F2NS/c13-12(14)8-4-1-2-5-9(8)15-11(12)10-6-3-7-16-10/h1-7H. The summed E-state index contributed by atoms with van der Waals surface area (Å²) in [6, 6.07) is 9.80. The van der Waals surface area contributed by atoms with Gasteiger partial charge in [0, 0.05) is 0 Å². The topological polar surface area (TPSA) is 12.4 Å². The summed E-state index contributed by atoms with van der Waals surface area (Å²) in [5, 5.41) is 1.77. The van der Waals surface area contributed by atoms with E-state index in [4.69, 9.17) is 0 Å². The molecule has 0 amide bonds. The molecule has 4 heteroatoms. The van der Waals surface area contributed by atoms with Crippen LogP contribution >= 0.6 is 11.3 Å². The lowest BCUT2D eigenvalue weighted by Crippen LogP contribution is -2.22. The van der Waals surface area contributed by atoms with Crippen LogP contribution in [-0.2, 0) is 5.92 Å². The molecule has 2 heterocycles. The van der Waals surface area contributed by atoms with E-state index < -0.39 is 5.92 Å². The number of aliphatic imine (C=N–C) groups is 1. The van der Waals surface area contributed by atoms with Crippen LogP contribution < -0.4 is 0 Å². The molecular weight excluding hydrogens is 228 g/mol.